The maximum Gasteiger partial charge on any atom is 0.416 e. The molecule has 0 bridgehead atoms. The lowest BCUT2D eigenvalue weighted by atomic mass is 9.93. The normalized spacial score (nSPS) is 20.2. The van der Waals surface area contributed by atoms with E-state index in [1.165, 1.54) is 4.90 Å². The number of carbonyl (C=O) groups is 1. The molecule has 2 atom stereocenters. The summed E-state index contributed by atoms with van der Waals surface area (Å²) in [6.07, 6.45) is -1.79. The molecule has 226 valence electrons. The van der Waals surface area contributed by atoms with Crippen LogP contribution in [0, 0.1) is 0 Å². The Morgan fingerprint density at radius 3 is 2.21 bits per heavy atom. The Labute approximate surface area is 238 Å². The Morgan fingerprint density at radius 2 is 1.64 bits per heavy atom. The van der Waals surface area contributed by atoms with Crippen LogP contribution in [0.25, 0.3) is 11.1 Å². The number of alkyl halides is 6. The second-order valence-electron chi connectivity index (χ2n) is 10.8. The van der Waals surface area contributed by atoms with E-state index in [1.807, 2.05) is 13.0 Å². The number of anilines is 1. The molecule has 0 radical (unpaired) electrons. The number of H-pyrrole nitrogens is 1. The zero-order chi connectivity index (χ0) is 30.2. The number of amides is 1. The molecular formula is C29H31F6N5O2. The summed E-state index contributed by atoms with van der Waals surface area (Å²) in [6, 6.07) is 2.57. The van der Waals surface area contributed by atoms with Gasteiger partial charge in [-0.1, -0.05) is 19.3 Å². The Bertz CT molecular complexity index is 1370. The molecule has 0 spiro atoms. The van der Waals surface area contributed by atoms with Crippen LogP contribution in [0.1, 0.15) is 74.3 Å². The van der Waals surface area contributed by atoms with E-state index in [9.17, 15) is 31.1 Å². The summed E-state index contributed by atoms with van der Waals surface area (Å²) < 4.78 is 86.5. The monoisotopic (exact) mass is 595 g/mol. The van der Waals surface area contributed by atoms with Crippen molar-refractivity contribution in [1.82, 2.24) is 20.1 Å². The molecule has 1 aromatic carbocycles. The van der Waals surface area contributed by atoms with E-state index in [-0.39, 0.29) is 24.2 Å². The summed E-state index contributed by atoms with van der Waals surface area (Å²) in [7, 11) is 0. The maximum absolute atomic E-state index is 13.5. The first-order valence-electron chi connectivity index (χ1n) is 13.9. The minimum Gasteiger partial charge on any atom is -0.439 e. The molecule has 2 fully saturated rings. The average molecular weight is 596 g/mol. The molecule has 1 saturated carbocycles. The lowest BCUT2D eigenvalue weighted by molar-refractivity contribution is -0.143. The van der Waals surface area contributed by atoms with Crippen molar-refractivity contribution < 1.29 is 35.9 Å². The van der Waals surface area contributed by atoms with E-state index in [0.717, 1.165) is 43.2 Å². The SMILES string of the molecule is CCN(c1ncc(-c2cn[nH]c2)cc1CN1C(=O)O[C@H](c2cc(C(F)(F)F)cc(C(F)(F)F)c2)[C@@H]1C)C1CCCCC1. The van der Waals surface area contributed by atoms with Gasteiger partial charge in [0.2, 0.25) is 0 Å². The number of hydrogen-bond acceptors (Lipinski definition) is 5. The molecule has 1 saturated heterocycles. The lowest BCUT2D eigenvalue weighted by Crippen LogP contribution is -2.39. The maximum atomic E-state index is 13.5. The topological polar surface area (TPSA) is 74.4 Å². The van der Waals surface area contributed by atoms with Gasteiger partial charge in [-0.25, -0.2) is 9.78 Å². The second kappa shape index (κ2) is 11.5. The minimum atomic E-state index is -5.02. The minimum absolute atomic E-state index is 0.00116. The van der Waals surface area contributed by atoms with Gasteiger partial charge in [-0.3, -0.25) is 10.00 Å². The van der Waals surface area contributed by atoms with Crippen LogP contribution in [-0.4, -0.2) is 44.8 Å². The summed E-state index contributed by atoms with van der Waals surface area (Å²) in [5.41, 5.74) is -1.09. The number of nitrogens with one attached hydrogen (secondary N) is 1. The van der Waals surface area contributed by atoms with Gasteiger partial charge in [0.1, 0.15) is 11.9 Å². The van der Waals surface area contributed by atoms with Crippen molar-refractivity contribution in [3.63, 3.8) is 0 Å². The largest absolute Gasteiger partial charge is 0.439 e. The van der Waals surface area contributed by atoms with Gasteiger partial charge in [-0.05, 0) is 56.5 Å². The third-order valence-corrected chi connectivity index (χ3v) is 8.07. The highest BCUT2D eigenvalue weighted by Crippen LogP contribution is 2.42. The summed E-state index contributed by atoms with van der Waals surface area (Å²) in [5.74, 6) is 0.679. The lowest BCUT2D eigenvalue weighted by Gasteiger charge is -2.36. The van der Waals surface area contributed by atoms with Crippen LogP contribution in [-0.2, 0) is 23.6 Å². The molecule has 2 aliphatic rings. The standard InChI is InChI=1S/C29H31F6N5O2/c1-3-39(24-7-5-4-6-8-24)26-20(9-19(13-36-26)21-14-37-38-15-21)16-40-17(2)25(42-27(40)41)18-10-22(28(30,31)32)12-23(11-18)29(33,34)35/h9-15,17,24-25H,3-8,16H2,1-2H3,(H,37,38)/t17-,25-/m0/s1. The number of cyclic esters (lactones) is 1. The number of rotatable bonds is 7. The van der Waals surface area contributed by atoms with E-state index in [2.05, 4.69) is 15.1 Å². The first-order valence-corrected chi connectivity index (χ1v) is 13.9. The molecule has 42 heavy (non-hydrogen) atoms. The number of halogens is 6. The predicted octanol–water partition coefficient (Wildman–Crippen LogP) is 7.75. The first-order chi connectivity index (χ1) is 19.9. The van der Waals surface area contributed by atoms with Crippen molar-refractivity contribution in [2.75, 3.05) is 11.4 Å². The first kappa shape index (κ1) is 29.7. The van der Waals surface area contributed by atoms with E-state index >= 15 is 0 Å². The highest BCUT2D eigenvalue weighted by molar-refractivity contribution is 5.72. The van der Waals surface area contributed by atoms with Gasteiger partial charge in [0, 0.05) is 41.7 Å². The summed E-state index contributed by atoms with van der Waals surface area (Å²) in [6.45, 7) is 4.25. The molecule has 13 heteroatoms. The number of carbonyl (C=O) groups excluding carboxylic acids is 1. The molecular weight excluding hydrogens is 564 g/mol. The van der Waals surface area contributed by atoms with Gasteiger partial charge in [0.05, 0.1) is 29.9 Å². The molecule has 0 unspecified atom stereocenters. The number of ether oxygens (including phenoxy) is 1. The van der Waals surface area contributed by atoms with Gasteiger partial charge in [0.15, 0.2) is 0 Å². The Hall–Kier alpha value is -3.77. The van der Waals surface area contributed by atoms with Crippen molar-refractivity contribution in [1.29, 1.82) is 0 Å². The van der Waals surface area contributed by atoms with Crippen molar-refractivity contribution in [3.8, 4) is 11.1 Å². The molecule has 1 aliphatic carbocycles. The number of aromatic nitrogens is 3. The van der Waals surface area contributed by atoms with Crippen molar-refractivity contribution in [3.05, 3.63) is 65.1 Å². The number of nitrogens with zero attached hydrogens (tertiary/aromatic N) is 4. The predicted molar refractivity (Wildman–Crippen MR) is 142 cm³/mol. The summed E-state index contributed by atoms with van der Waals surface area (Å²) >= 11 is 0. The third kappa shape index (κ3) is 6.05. The van der Waals surface area contributed by atoms with Crippen LogP contribution in [0.2, 0.25) is 0 Å². The molecule has 2 aromatic heterocycles. The van der Waals surface area contributed by atoms with Crippen LogP contribution in [0.3, 0.4) is 0 Å². The number of hydrogen-bond donors (Lipinski definition) is 1. The van der Waals surface area contributed by atoms with Crippen molar-refractivity contribution in [2.24, 2.45) is 0 Å². The van der Waals surface area contributed by atoms with Crippen LogP contribution >= 0.6 is 0 Å². The highest BCUT2D eigenvalue weighted by atomic mass is 19.4. The van der Waals surface area contributed by atoms with Gasteiger partial charge in [-0.15, -0.1) is 0 Å². The fourth-order valence-electron chi connectivity index (χ4n) is 5.90. The molecule has 3 heterocycles. The van der Waals surface area contributed by atoms with Crippen molar-refractivity contribution in [2.45, 2.75) is 83.0 Å². The number of aromatic amines is 1. The van der Waals surface area contributed by atoms with E-state index < -0.39 is 41.7 Å². The molecule has 7 nitrogen and oxygen atoms in total. The fourth-order valence-corrected chi connectivity index (χ4v) is 5.90. The molecule has 3 aromatic rings. The number of benzene rings is 1. The zero-order valence-electron chi connectivity index (χ0n) is 23.1. The molecule has 1 N–H and O–H groups in total. The van der Waals surface area contributed by atoms with Gasteiger partial charge in [0.25, 0.3) is 0 Å². The Balaban J connectivity index is 1.50. The van der Waals surface area contributed by atoms with E-state index in [1.54, 1.807) is 25.5 Å². The number of pyridine rings is 1. The zero-order valence-corrected chi connectivity index (χ0v) is 23.1. The van der Waals surface area contributed by atoms with Crippen molar-refractivity contribution >= 4 is 11.9 Å². The third-order valence-electron chi connectivity index (χ3n) is 8.07. The van der Waals surface area contributed by atoms with E-state index in [4.69, 9.17) is 9.72 Å². The van der Waals surface area contributed by atoms with Crippen LogP contribution in [0.4, 0.5) is 37.0 Å². The molecule has 1 amide bonds. The summed E-state index contributed by atoms with van der Waals surface area (Å²) in [5, 5.41) is 6.74. The van der Waals surface area contributed by atoms with Gasteiger partial charge >= 0.3 is 18.4 Å². The molecule has 1 aliphatic heterocycles. The average Bonchev–Trinajstić information content (AvgIpc) is 3.58. The van der Waals surface area contributed by atoms with Crippen LogP contribution < -0.4 is 4.90 Å². The quantitative estimate of drug-likeness (QED) is 0.283. The summed E-state index contributed by atoms with van der Waals surface area (Å²) in [4.78, 5) is 21.4. The van der Waals surface area contributed by atoms with Gasteiger partial charge < -0.3 is 9.64 Å². The Morgan fingerprint density at radius 1 is 0.976 bits per heavy atom. The van der Waals surface area contributed by atoms with Crippen LogP contribution in [0.15, 0.2) is 42.9 Å². The second-order valence-corrected chi connectivity index (χ2v) is 10.8. The molecule has 5 rings (SSSR count). The van der Waals surface area contributed by atoms with Gasteiger partial charge in [-0.2, -0.15) is 31.4 Å². The smallest absolute Gasteiger partial charge is 0.416 e. The Kier molecular flexibility index (Phi) is 8.13. The fraction of sp³-hybridized carbons (Fsp3) is 0.483. The van der Waals surface area contributed by atoms with Crippen LogP contribution in [0.5, 0.6) is 0 Å². The van der Waals surface area contributed by atoms with E-state index in [0.29, 0.717) is 30.1 Å². The highest BCUT2D eigenvalue weighted by Gasteiger charge is 2.43.